The molecule has 0 aromatic heterocycles. The van der Waals surface area contributed by atoms with Crippen molar-refractivity contribution in [2.45, 2.75) is 75.9 Å². The van der Waals surface area contributed by atoms with E-state index in [4.69, 9.17) is 4.74 Å². The van der Waals surface area contributed by atoms with E-state index in [0.29, 0.717) is 11.6 Å². The average molecular weight is 292 g/mol. The minimum Gasteiger partial charge on any atom is -0.497 e. The number of allylic oxidation sites excluding steroid dienone is 1. The lowest BCUT2D eigenvalue weighted by molar-refractivity contribution is 0.0296. The van der Waals surface area contributed by atoms with E-state index >= 15 is 0 Å². The Hall–Kier alpha value is -0.540. The van der Waals surface area contributed by atoms with E-state index in [1.807, 2.05) is 6.26 Å². The van der Waals surface area contributed by atoms with Crippen molar-refractivity contribution in [2.75, 3.05) is 26.2 Å². The predicted molar refractivity (Wildman–Crippen MR) is 87.4 cm³/mol. The van der Waals surface area contributed by atoms with Crippen molar-refractivity contribution in [3.05, 3.63) is 12.3 Å². The molecule has 1 aliphatic carbocycles. The largest absolute Gasteiger partial charge is 0.497 e. The van der Waals surface area contributed by atoms with Crippen LogP contribution in [0.4, 0.5) is 0 Å². The summed E-state index contributed by atoms with van der Waals surface area (Å²) in [6, 6.07) is 0. The van der Waals surface area contributed by atoms with Crippen molar-refractivity contribution in [2.24, 2.45) is 0 Å². The average Bonchev–Trinajstić information content (AvgIpc) is 2.58. The van der Waals surface area contributed by atoms with Gasteiger partial charge in [-0.25, -0.2) is 0 Å². The Bertz CT molecular complexity index is 330. The molecule has 2 aliphatic heterocycles. The highest BCUT2D eigenvalue weighted by Gasteiger charge is 2.38. The first-order valence-corrected chi connectivity index (χ1v) is 9.15. The number of hydrogen-bond acceptors (Lipinski definition) is 3. The first-order valence-electron chi connectivity index (χ1n) is 9.15. The Labute approximate surface area is 130 Å². The molecule has 1 unspecified atom stereocenters. The summed E-state index contributed by atoms with van der Waals surface area (Å²) in [5.41, 5.74) is 0.448. The molecular formula is C18H32N2O. The van der Waals surface area contributed by atoms with Crippen LogP contribution < -0.4 is 5.32 Å². The maximum absolute atomic E-state index is 5.69. The first kappa shape index (κ1) is 15.4. The van der Waals surface area contributed by atoms with Gasteiger partial charge in [0.05, 0.1) is 6.26 Å². The molecule has 1 N–H and O–H groups in total. The predicted octanol–water partition coefficient (Wildman–Crippen LogP) is 3.46. The van der Waals surface area contributed by atoms with E-state index in [2.05, 4.69) is 16.3 Å². The van der Waals surface area contributed by atoms with E-state index in [1.54, 1.807) is 0 Å². The molecule has 1 atom stereocenters. The number of nitrogens with one attached hydrogen (secondary N) is 1. The monoisotopic (exact) mass is 292 g/mol. The molecule has 21 heavy (non-hydrogen) atoms. The Balaban J connectivity index is 1.53. The van der Waals surface area contributed by atoms with Gasteiger partial charge in [-0.2, -0.15) is 0 Å². The highest BCUT2D eigenvalue weighted by atomic mass is 16.5. The quantitative estimate of drug-likeness (QED) is 0.840. The summed E-state index contributed by atoms with van der Waals surface area (Å²) in [5.74, 6) is 0. The third kappa shape index (κ3) is 4.01. The van der Waals surface area contributed by atoms with Crippen LogP contribution in [0.15, 0.2) is 12.3 Å². The minimum atomic E-state index is 0.386. The topological polar surface area (TPSA) is 24.5 Å². The van der Waals surface area contributed by atoms with E-state index < -0.39 is 0 Å². The summed E-state index contributed by atoms with van der Waals surface area (Å²) >= 11 is 0. The van der Waals surface area contributed by atoms with Crippen molar-refractivity contribution >= 4 is 0 Å². The van der Waals surface area contributed by atoms with Crippen LogP contribution >= 0.6 is 0 Å². The number of hydrogen-bond donors (Lipinski definition) is 1. The van der Waals surface area contributed by atoms with Gasteiger partial charge in [-0.1, -0.05) is 25.7 Å². The van der Waals surface area contributed by atoms with Crippen LogP contribution in [-0.2, 0) is 4.74 Å². The van der Waals surface area contributed by atoms with Gasteiger partial charge in [-0.15, -0.1) is 0 Å². The molecule has 0 aromatic rings. The van der Waals surface area contributed by atoms with E-state index in [-0.39, 0.29) is 0 Å². The number of ether oxygens (including phenoxy) is 1. The molecule has 120 valence electrons. The van der Waals surface area contributed by atoms with Gasteiger partial charge in [0.15, 0.2) is 0 Å². The van der Waals surface area contributed by atoms with Gasteiger partial charge in [0.1, 0.15) is 6.10 Å². The van der Waals surface area contributed by atoms with Crippen molar-refractivity contribution in [1.82, 2.24) is 10.2 Å². The van der Waals surface area contributed by atoms with Gasteiger partial charge in [0.25, 0.3) is 0 Å². The lowest BCUT2D eigenvalue weighted by atomic mass is 9.79. The zero-order valence-electron chi connectivity index (χ0n) is 13.5. The lowest BCUT2D eigenvalue weighted by Gasteiger charge is -2.48. The number of rotatable bonds is 5. The zero-order valence-corrected chi connectivity index (χ0v) is 13.5. The van der Waals surface area contributed by atoms with E-state index in [9.17, 15) is 0 Å². The molecule has 1 saturated carbocycles. The maximum atomic E-state index is 5.69. The van der Waals surface area contributed by atoms with Crippen LogP contribution in [-0.4, -0.2) is 42.7 Å². The second-order valence-electron chi connectivity index (χ2n) is 7.17. The van der Waals surface area contributed by atoms with Crippen LogP contribution in [0.2, 0.25) is 0 Å². The van der Waals surface area contributed by atoms with E-state index in [1.165, 1.54) is 77.3 Å². The smallest absolute Gasteiger partial charge is 0.110 e. The fraction of sp³-hybridized carbons (Fsp3) is 0.889. The Kier molecular flexibility index (Phi) is 5.59. The van der Waals surface area contributed by atoms with Crippen LogP contribution in [0.3, 0.4) is 0 Å². The zero-order chi connectivity index (χ0) is 14.4. The van der Waals surface area contributed by atoms with Gasteiger partial charge in [-0.05, 0) is 57.7 Å². The Morgan fingerprint density at radius 1 is 1.05 bits per heavy atom. The summed E-state index contributed by atoms with van der Waals surface area (Å²) in [6.45, 7) is 4.82. The highest BCUT2D eigenvalue weighted by molar-refractivity contribution is 4.96. The fourth-order valence-electron chi connectivity index (χ4n) is 4.38. The van der Waals surface area contributed by atoms with Gasteiger partial charge < -0.3 is 10.1 Å². The van der Waals surface area contributed by atoms with Crippen molar-refractivity contribution in [1.29, 1.82) is 0 Å². The molecule has 0 bridgehead atoms. The summed E-state index contributed by atoms with van der Waals surface area (Å²) < 4.78 is 5.69. The molecular weight excluding hydrogens is 260 g/mol. The summed E-state index contributed by atoms with van der Waals surface area (Å²) in [4.78, 5) is 2.82. The minimum absolute atomic E-state index is 0.386. The second-order valence-corrected chi connectivity index (χ2v) is 7.17. The molecule has 3 rings (SSSR count). The lowest BCUT2D eigenvalue weighted by Crippen LogP contribution is -2.58. The maximum Gasteiger partial charge on any atom is 0.110 e. The molecule has 0 radical (unpaired) electrons. The molecule has 0 amide bonds. The number of piperidine rings is 1. The van der Waals surface area contributed by atoms with Crippen molar-refractivity contribution < 1.29 is 4.74 Å². The molecule has 1 saturated heterocycles. The first-order chi connectivity index (χ1) is 10.4. The Morgan fingerprint density at radius 3 is 2.52 bits per heavy atom. The number of likely N-dealkylation sites (tertiary alicyclic amines) is 1. The van der Waals surface area contributed by atoms with Gasteiger partial charge >= 0.3 is 0 Å². The molecule has 2 fully saturated rings. The summed E-state index contributed by atoms with van der Waals surface area (Å²) in [7, 11) is 0. The summed E-state index contributed by atoms with van der Waals surface area (Å²) in [5, 5.41) is 3.76. The van der Waals surface area contributed by atoms with Gasteiger partial charge in [0, 0.05) is 18.6 Å². The third-order valence-electron chi connectivity index (χ3n) is 5.66. The molecule has 3 aliphatic rings. The molecule has 0 spiro atoms. The molecule has 0 aromatic carbocycles. The third-order valence-corrected chi connectivity index (χ3v) is 5.66. The number of nitrogens with zero attached hydrogens (tertiary/aromatic N) is 1. The van der Waals surface area contributed by atoms with Gasteiger partial charge in [0.2, 0.25) is 0 Å². The van der Waals surface area contributed by atoms with Crippen molar-refractivity contribution in [3.63, 3.8) is 0 Å². The summed E-state index contributed by atoms with van der Waals surface area (Å²) in [6.07, 6.45) is 18.0. The second kappa shape index (κ2) is 7.64. The molecule has 3 heteroatoms. The van der Waals surface area contributed by atoms with Gasteiger partial charge in [-0.3, -0.25) is 4.90 Å². The van der Waals surface area contributed by atoms with Crippen LogP contribution in [0.1, 0.15) is 64.2 Å². The van der Waals surface area contributed by atoms with E-state index in [0.717, 1.165) is 13.1 Å². The molecule has 3 nitrogen and oxygen atoms in total. The standard InChI is InChI=1S/C18H32N2O/c1-4-10-18(11-5-1,20-12-6-2-7-13-20)16-19-15-17-9-3-8-14-21-17/h8,14,17,19H,1-7,9-13,15-16H2. The van der Waals surface area contributed by atoms with Crippen LogP contribution in [0.5, 0.6) is 0 Å². The SMILES string of the molecule is C1=COC(CNCC2(N3CCCCC3)CCCCC2)CC1. The van der Waals surface area contributed by atoms with Crippen LogP contribution in [0, 0.1) is 0 Å². The normalized spacial score (nSPS) is 30.0. The fourth-order valence-corrected chi connectivity index (χ4v) is 4.38. The Morgan fingerprint density at radius 2 is 1.81 bits per heavy atom. The molecule has 2 heterocycles. The highest BCUT2D eigenvalue weighted by Crippen LogP contribution is 2.35. The van der Waals surface area contributed by atoms with Crippen molar-refractivity contribution in [3.8, 4) is 0 Å². The van der Waals surface area contributed by atoms with Crippen LogP contribution in [0.25, 0.3) is 0 Å².